The highest BCUT2D eigenvalue weighted by atomic mass is 32.2. The van der Waals surface area contributed by atoms with Crippen molar-refractivity contribution in [2.45, 2.75) is 4.90 Å². The van der Waals surface area contributed by atoms with Gasteiger partial charge in [0.15, 0.2) is 0 Å². The molecular formula is C11H10FN3O2S. The average Bonchev–Trinajstić information content (AvgIpc) is 2.29. The van der Waals surface area contributed by atoms with Crippen LogP contribution in [0.15, 0.2) is 47.6 Å². The van der Waals surface area contributed by atoms with Crippen molar-refractivity contribution in [3.63, 3.8) is 0 Å². The molecule has 18 heavy (non-hydrogen) atoms. The highest BCUT2D eigenvalue weighted by molar-refractivity contribution is 7.92. The lowest BCUT2D eigenvalue weighted by Gasteiger charge is -2.09. The lowest BCUT2D eigenvalue weighted by atomic mass is 10.3. The number of pyridine rings is 1. The van der Waals surface area contributed by atoms with Gasteiger partial charge in [0.25, 0.3) is 10.0 Å². The third-order valence-corrected chi connectivity index (χ3v) is 3.65. The van der Waals surface area contributed by atoms with Gasteiger partial charge in [-0.05, 0) is 30.3 Å². The number of nitrogens with one attached hydrogen (secondary N) is 1. The SMILES string of the molecule is Nc1cc(F)ccc1S(=O)(=O)Nc1ccncc1. The zero-order valence-electron chi connectivity index (χ0n) is 9.17. The first-order valence-corrected chi connectivity index (χ1v) is 6.45. The van der Waals surface area contributed by atoms with E-state index in [0.717, 1.165) is 18.2 Å². The third kappa shape index (κ3) is 2.57. The summed E-state index contributed by atoms with van der Waals surface area (Å²) in [4.78, 5) is 3.60. The van der Waals surface area contributed by atoms with Gasteiger partial charge >= 0.3 is 0 Å². The van der Waals surface area contributed by atoms with Crippen LogP contribution in [0.2, 0.25) is 0 Å². The number of hydrogen-bond acceptors (Lipinski definition) is 4. The van der Waals surface area contributed by atoms with E-state index in [2.05, 4.69) is 9.71 Å². The Balaban J connectivity index is 2.37. The lowest BCUT2D eigenvalue weighted by Crippen LogP contribution is -2.14. The van der Waals surface area contributed by atoms with Crippen molar-refractivity contribution in [3.8, 4) is 0 Å². The summed E-state index contributed by atoms with van der Waals surface area (Å²) in [6, 6.07) is 6.11. The Morgan fingerprint density at radius 3 is 2.44 bits per heavy atom. The molecule has 0 saturated carbocycles. The molecule has 3 N–H and O–H groups in total. The molecule has 0 saturated heterocycles. The molecule has 2 rings (SSSR count). The van der Waals surface area contributed by atoms with Crippen molar-refractivity contribution < 1.29 is 12.8 Å². The minimum atomic E-state index is -3.83. The zero-order valence-corrected chi connectivity index (χ0v) is 9.99. The Kier molecular flexibility index (Phi) is 3.15. The van der Waals surface area contributed by atoms with Crippen molar-refractivity contribution in [1.82, 2.24) is 4.98 Å². The van der Waals surface area contributed by atoms with Crippen LogP contribution in [0.4, 0.5) is 15.8 Å². The summed E-state index contributed by atoms with van der Waals surface area (Å²) in [6.07, 6.45) is 2.90. The number of nitrogens with zero attached hydrogens (tertiary/aromatic N) is 1. The molecule has 0 unspecified atom stereocenters. The number of anilines is 2. The normalized spacial score (nSPS) is 11.2. The fraction of sp³-hybridized carbons (Fsp3) is 0. The Labute approximate surface area is 104 Å². The van der Waals surface area contributed by atoms with Crippen LogP contribution in [-0.2, 0) is 10.0 Å². The Morgan fingerprint density at radius 1 is 1.17 bits per heavy atom. The van der Waals surface area contributed by atoms with Crippen molar-refractivity contribution in [1.29, 1.82) is 0 Å². The number of hydrogen-bond donors (Lipinski definition) is 2. The van der Waals surface area contributed by atoms with Crippen LogP contribution in [0, 0.1) is 5.82 Å². The largest absolute Gasteiger partial charge is 0.398 e. The molecule has 2 aromatic rings. The number of rotatable bonds is 3. The quantitative estimate of drug-likeness (QED) is 0.827. The fourth-order valence-electron chi connectivity index (χ4n) is 1.39. The number of halogens is 1. The van der Waals surface area contributed by atoms with Crippen molar-refractivity contribution >= 4 is 21.4 Å². The van der Waals surface area contributed by atoms with Gasteiger partial charge in [0.1, 0.15) is 10.7 Å². The summed E-state index contributed by atoms with van der Waals surface area (Å²) < 4.78 is 39.2. The summed E-state index contributed by atoms with van der Waals surface area (Å²) in [7, 11) is -3.83. The molecule has 0 bridgehead atoms. The predicted molar refractivity (Wildman–Crippen MR) is 65.9 cm³/mol. The van der Waals surface area contributed by atoms with Crippen LogP contribution in [0.5, 0.6) is 0 Å². The Hall–Kier alpha value is -2.15. The van der Waals surface area contributed by atoms with Gasteiger partial charge in [-0.25, -0.2) is 12.8 Å². The smallest absolute Gasteiger partial charge is 0.263 e. The van der Waals surface area contributed by atoms with E-state index in [1.54, 1.807) is 0 Å². The number of benzene rings is 1. The molecule has 1 aromatic heterocycles. The molecule has 0 amide bonds. The molecule has 1 heterocycles. The van der Waals surface area contributed by atoms with E-state index in [1.807, 2.05) is 0 Å². The van der Waals surface area contributed by atoms with E-state index in [-0.39, 0.29) is 10.6 Å². The van der Waals surface area contributed by atoms with Gasteiger partial charge in [-0.1, -0.05) is 0 Å². The predicted octanol–water partition coefficient (Wildman–Crippen LogP) is 1.60. The minimum absolute atomic E-state index is 0.142. The summed E-state index contributed by atoms with van der Waals surface area (Å²) in [5.74, 6) is -0.588. The average molecular weight is 267 g/mol. The summed E-state index contributed by atoms with van der Waals surface area (Å²) >= 11 is 0. The maximum atomic E-state index is 12.9. The molecule has 0 fully saturated rings. The first-order valence-electron chi connectivity index (χ1n) is 4.97. The van der Waals surface area contributed by atoms with Crippen LogP contribution in [0.1, 0.15) is 0 Å². The van der Waals surface area contributed by atoms with E-state index in [9.17, 15) is 12.8 Å². The van der Waals surface area contributed by atoms with Gasteiger partial charge in [0.05, 0.1) is 11.4 Å². The standard InChI is InChI=1S/C11H10FN3O2S/c12-8-1-2-11(10(13)7-8)18(16,17)15-9-3-5-14-6-4-9/h1-7H,13H2,(H,14,15). The number of nitrogens with two attached hydrogens (primary N) is 1. The molecule has 0 aliphatic carbocycles. The summed E-state index contributed by atoms with van der Waals surface area (Å²) in [5.41, 5.74) is 5.70. The van der Waals surface area contributed by atoms with Gasteiger partial charge in [0.2, 0.25) is 0 Å². The second-order valence-corrected chi connectivity index (χ2v) is 5.17. The van der Waals surface area contributed by atoms with Crippen molar-refractivity contribution in [2.24, 2.45) is 0 Å². The van der Waals surface area contributed by atoms with Crippen LogP contribution >= 0.6 is 0 Å². The van der Waals surface area contributed by atoms with E-state index in [1.165, 1.54) is 24.5 Å². The molecule has 0 spiro atoms. The summed E-state index contributed by atoms with van der Waals surface area (Å²) in [5, 5.41) is 0. The van der Waals surface area contributed by atoms with Gasteiger partial charge in [-0.2, -0.15) is 0 Å². The van der Waals surface area contributed by atoms with Crippen LogP contribution in [-0.4, -0.2) is 13.4 Å². The van der Waals surface area contributed by atoms with Crippen LogP contribution in [0.25, 0.3) is 0 Å². The second kappa shape index (κ2) is 4.61. The van der Waals surface area contributed by atoms with Crippen LogP contribution in [0.3, 0.4) is 0 Å². The van der Waals surface area contributed by atoms with Crippen molar-refractivity contribution in [3.05, 3.63) is 48.5 Å². The monoisotopic (exact) mass is 267 g/mol. The zero-order chi connectivity index (χ0) is 13.2. The molecule has 94 valence electrons. The number of sulfonamides is 1. The molecule has 1 aromatic carbocycles. The molecular weight excluding hydrogens is 257 g/mol. The topological polar surface area (TPSA) is 85.1 Å². The van der Waals surface area contributed by atoms with Gasteiger partial charge in [-0.3, -0.25) is 9.71 Å². The van der Waals surface area contributed by atoms with Gasteiger partial charge in [-0.15, -0.1) is 0 Å². The Bertz CT molecular complexity index is 659. The van der Waals surface area contributed by atoms with E-state index in [0.29, 0.717) is 5.69 Å². The van der Waals surface area contributed by atoms with E-state index in [4.69, 9.17) is 5.73 Å². The molecule has 0 atom stereocenters. The fourth-order valence-corrected chi connectivity index (χ4v) is 2.57. The highest BCUT2D eigenvalue weighted by Gasteiger charge is 2.17. The Morgan fingerprint density at radius 2 is 1.83 bits per heavy atom. The first-order chi connectivity index (χ1) is 8.49. The third-order valence-electron chi connectivity index (χ3n) is 2.19. The van der Waals surface area contributed by atoms with Gasteiger partial charge < -0.3 is 5.73 Å². The molecule has 5 nitrogen and oxygen atoms in total. The summed E-state index contributed by atoms with van der Waals surface area (Å²) in [6.45, 7) is 0. The highest BCUT2D eigenvalue weighted by Crippen LogP contribution is 2.21. The van der Waals surface area contributed by atoms with Crippen LogP contribution < -0.4 is 10.5 Å². The molecule has 0 radical (unpaired) electrons. The second-order valence-electron chi connectivity index (χ2n) is 3.52. The first kappa shape index (κ1) is 12.3. The van der Waals surface area contributed by atoms with Gasteiger partial charge in [0, 0.05) is 12.4 Å². The van der Waals surface area contributed by atoms with E-state index >= 15 is 0 Å². The molecule has 0 aliphatic rings. The minimum Gasteiger partial charge on any atom is -0.398 e. The molecule has 0 aliphatic heterocycles. The lowest BCUT2D eigenvalue weighted by molar-refractivity contribution is 0.600. The molecule has 7 heteroatoms. The maximum Gasteiger partial charge on any atom is 0.263 e. The van der Waals surface area contributed by atoms with E-state index < -0.39 is 15.8 Å². The van der Waals surface area contributed by atoms with Crippen molar-refractivity contribution in [2.75, 3.05) is 10.5 Å². The number of aromatic nitrogens is 1. The number of nitrogen functional groups attached to an aromatic ring is 1. The maximum absolute atomic E-state index is 12.9.